The normalized spacial score (nSPS) is 11.5. The van der Waals surface area contributed by atoms with Crippen LogP contribution in [0.2, 0.25) is 0 Å². The van der Waals surface area contributed by atoms with E-state index < -0.39 is 12.0 Å². The molecule has 6 nitrogen and oxygen atoms in total. The van der Waals surface area contributed by atoms with Gasteiger partial charge in [0.05, 0.1) is 13.7 Å². The maximum absolute atomic E-state index is 11.7. The highest BCUT2D eigenvalue weighted by molar-refractivity contribution is 5.87. The number of halogens is 1. The fraction of sp³-hybridized carbons (Fsp3) is 0.286. The van der Waals surface area contributed by atoms with Gasteiger partial charge in [0.1, 0.15) is 6.04 Å². The van der Waals surface area contributed by atoms with Crippen LogP contribution < -0.4 is 11.1 Å². The molecule has 21 heavy (non-hydrogen) atoms. The van der Waals surface area contributed by atoms with Gasteiger partial charge >= 0.3 is 5.97 Å². The molecule has 0 aliphatic carbocycles. The molecule has 7 heteroatoms. The number of para-hydroxylation sites is 1. The molecule has 114 valence electrons. The standard InChI is InChI=1S/C14H17N3O3.ClH/c1-20-14(19)12(17-13(18)7-15)6-9-8-16-11-5-3-2-4-10(9)11;/h2-5,8,12,16H,6-7,15H2,1H3,(H,17,18);1H/t12-;/m1./s1. The molecule has 0 spiro atoms. The zero-order valence-electron chi connectivity index (χ0n) is 11.6. The van der Waals surface area contributed by atoms with E-state index in [2.05, 4.69) is 10.3 Å². The predicted molar refractivity (Wildman–Crippen MR) is 82.3 cm³/mol. The number of aromatic amines is 1. The molecule has 0 saturated heterocycles. The van der Waals surface area contributed by atoms with Gasteiger partial charge in [-0.15, -0.1) is 12.4 Å². The lowest BCUT2D eigenvalue weighted by Gasteiger charge is -2.15. The van der Waals surface area contributed by atoms with Crippen molar-refractivity contribution in [2.24, 2.45) is 5.73 Å². The van der Waals surface area contributed by atoms with Gasteiger partial charge in [-0.05, 0) is 11.6 Å². The van der Waals surface area contributed by atoms with Gasteiger partial charge in [-0.2, -0.15) is 0 Å². The summed E-state index contributed by atoms with van der Waals surface area (Å²) in [6.45, 7) is -0.165. The topological polar surface area (TPSA) is 97.2 Å². The van der Waals surface area contributed by atoms with E-state index in [1.807, 2.05) is 30.5 Å². The lowest BCUT2D eigenvalue weighted by molar-refractivity contribution is -0.144. The maximum atomic E-state index is 11.7. The van der Waals surface area contributed by atoms with Crippen molar-refractivity contribution >= 4 is 35.2 Å². The third-order valence-corrected chi connectivity index (χ3v) is 3.11. The monoisotopic (exact) mass is 311 g/mol. The molecule has 1 heterocycles. The van der Waals surface area contributed by atoms with E-state index in [4.69, 9.17) is 10.5 Å². The first-order chi connectivity index (χ1) is 9.65. The number of ether oxygens (including phenoxy) is 1. The number of methoxy groups -OCH3 is 1. The Morgan fingerprint density at radius 1 is 1.38 bits per heavy atom. The number of carbonyl (C=O) groups is 2. The van der Waals surface area contributed by atoms with Crippen molar-refractivity contribution in [1.82, 2.24) is 10.3 Å². The Morgan fingerprint density at radius 3 is 2.76 bits per heavy atom. The van der Waals surface area contributed by atoms with Crippen LogP contribution in [0.25, 0.3) is 10.9 Å². The third-order valence-electron chi connectivity index (χ3n) is 3.11. The molecule has 0 unspecified atom stereocenters. The van der Waals surface area contributed by atoms with Crippen LogP contribution in [0.4, 0.5) is 0 Å². The molecule has 1 atom stereocenters. The Bertz CT molecular complexity index is 627. The number of carbonyl (C=O) groups excluding carboxylic acids is 2. The number of rotatable bonds is 5. The number of esters is 1. The number of nitrogens with one attached hydrogen (secondary N) is 2. The summed E-state index contributed by atoms with van der Waals surface area (Å²) in [5.41, 5.74) is 7.18. The van der Waals surface area contributed by atoms with Gasteiger partial charge in [0.25, 0.3) is 0 Å². The predicted octanol–water partition coefficient (Wildman–Crippen LogP) is 0.749. The first kappa shape index (κ1) is 17.0. The van der Waals surface area contributed by atoms with Gasteiger partial charge in [-0.1, -0.05) is 18.2 Å². The van der Waals surface area contributed by atoms with Crippen molar-refractivity contribution in [1.29, 1.82) is 0 Å². The number of aromatic nitrogens is 1. The minimum atomic E-state index is -0.741. The highest BCUT2D eigenvalue weighted by atomic mass is 35.5. The van der Waals surface area contributed by atoms with Crippen molar-refractivity contribution in [2.45, 2.75) is 12.5 Å². The number of hydrogen-bond donors (Lipinski definition) is 3. The summed E-state index contributed by atoms with van der Waals surface area (Å²) >= 11 is 0. The Kier molecular flexibility index (Phi) is 6.20. The van der Waals surface area contributed by atoms with Crippen LogP contribution in [0, 0.1) is 0 Å². The van der Waals surface area contributed by atoms with Crippen molar-refractivity contribution in [2.75, 3.05) is 13.7 Å². The second kappa shape index (κ2) is 7.66. The number of benzene rings is 1. The summed E-state index contributed by atoms with van der Waals surface area (Å²) in [6, 6.07) is 7.02. The molecule has 2 rings (SSSR count). The van der Waals surface area contributed by atoms with E-state index in [9.17, 15) is 9.59 Å². The Hall–Kier alpha value is -2.05. The Morgan fingerprint density at radius 2 is 2.10 bits per heavy atom. The maximum Gasteiger partial charge on any atom is 0.328 e. The zero-order valence-corrected chi connectivity index (χ0v) is 12.4. The second-order valence-electron chi connectivity index (χ2n) is 4.41. The molecule has 0 bridgehead atoms. The molecule has 1 aromatic carbocycles. The molecule has 1 aromatic heterocycles. The summed E-state index contributed by atoms with van der Waals surface area (Å²) in [6.07, 6.45) is 2.18. The Balaban J connectivity index is 0.00000220. The Labute approximate surface area is 128 Å². The van der Waals surface area contributed by atoms with Crippen molar-refractivity contribution < 1.29 is 14.3 Å². The molecule has 2 aromatic rings. The molecular weight excluding hydrogens is 294 g/mol. The van der Waals surface area contributed by atoms with E-state index in [-0.39, 0.29) is 24.9 Å². The van der Waals surface area contributed by atoms with Crippen LogP contribution in [0.15, 0.2) is 30.5 Å². The summed E-state index contributed by atoms with van der Waals surface area (Å²) in [5, 5.41) is 3.59. The third kappa shape index (κ3) is 3.96. The van der Waals surface area contributed by atoms with Gasteiger partial charge < -0.3 is 20.8 Å². The van der Waals surface area contributed by atoms with Gasteiger partial charge in [-0.25, -0.2) is 4.79 Å². The molecule has 0 radical (unpaired) electrons. The fourth-order valence-electron chi connectivity index (χ4n) is 2.11. The molecule has 0 fully saturated rings. The zero-order chi connectivity index (χ0) is 14.5. The number of H-pyrrole nitrogens is 1. The summed E-state index contributed by atoms with van der Waals surface area (Å²) in [4.78, 5) is 26.2. The lowest BCUT2D eigenvalue weighted by atomic mass is 10.0. The summed E-state index contributed by atoms with van der Waals surface area (Å²) in [7, 11) is 1.29. The molecule has 0 aliphatic heterocycles. The van der Waals surface area contributed by atoms with Crippen molar-refractivity contribution in [3.63, 3.8) is 0 Å². The van der Waals surface area contributed by atoms with E-state index in [0.29, 0.717) is 6.42 Å². The second-order valence-corrected chi connectivity index (χ2v) is 4.41. The van der Waals surface area contributed by atoms with Gasteiger partial charge in [0.2, 0.25) is 5.91 Å². The van der Waals surface area contributed by atoms with Crippen molar-refractivity contribution in [3.8, 4) is 0 Å². The van der Waals surface area contributed by atoms with Crippen LogP contribution in [-0.2, 0) is 20.7 Å². The van der Waals surface area contributed by atoms with E-state index in [0.717, 1.165) is 16.5 Å². The minimum absolute atomic E-state index is 0. The highest BCUT2D eigenvalue weighted by Crippen LogP contribution is 2.19. The van der Waals surface area contributed by atoms with Gasteiger partial charge in [0.15, 0.2) is 0 Å². The number of fused-ring (bicyclic) bond motifs is 1. The molecule has 4 N–H and O–H groups in total. The number of nitrogens with two attached hydrogens (primary N) is 1. The SMILES string of the molecule is COC(=O)[C@@H](Cc1c[nH]c2ccccc12)NC(=O)CN.Cl. The van der Waals surface area contributed by atoms with Crippen molar-refractivity contribution in [3.05, 3.63) is 36.0 Å². The molecule has 1 amide bonds. The largest absolute Gasteiger partial charge is 0.467 e. The first-order valence-corrected chi connectivity index (χ1v) is 6.28. The van der Waals surface area contributed by atoms with E-state index in [1.165, 1.54) is 7.11 Å². The van der Waals surface area contributed by atoms with Crippen LogP contribution in [0.3, 0.4) is 0 Å². The van der Waals surface area contributed by atoms with Crippen LogP contribution in [0.5, 0.6) is 0 Å². The summed E-state index contributed by atoms with van der Waals surface area (Å²) in [5.74, 6) is -0.877. The minimum Gasteiger partial charge on any atom is -0.467 e. The number of amides is 1. The van der Waals surface area contributed by atoms with E-state index in [1.54, 1.807) is 0 Å². The molecular formula is C14H18ClN3O3. The molecule has 0 saturated carbocycles. The molecule has 0 aliphatic rings. The van der Waals surface area contributed by atoms with Crippen LogP contribution >= 0.6 is 12.4 Å². The van der Waals surface area contributed by atoms with Gasteiger partial charge in [0, 0.05) is 23.5 Å². The van der Waals surface area contributed by atoms with Crippen LogP contribution in [-0.4, -0.2) is 36.6 Å². The smallest absolute Gasteiger partial charge is 0.328 e. The highest BCUT2D eigenvalue weighted by Gasteiger charge is 2.22. The average molecular weight is 312 g/mol. The quantitative estimate of drug-likeness (QED) is 0.710. The summed E-state index contributed by atoms with van der Waals surface area (Å²) < 4.78 is 4.71. The average Bonchev–Trinajstić information content (AvgIpc) is 2.89. The fourth-order valence-corrected chi connectivity index (χ4v) is 2.11. The first-order valence-electron chi connectivity index (χ1n) is 6.28. The van der Waals surface area contributed by atoms with Crippen LogP contribution in [0.1, 0.15) is 5.56 Å². The van der Waals surface area contributed by atoms with Gasteiger partial charge in [-0.3, -0.25) is 4.79 Å². The lowest BCUT2D eigenvalue weighted by Crippen LogP contribution is -2.45. The number of hydrogen-bond acceptors (Lipinski definition) is 4. The van der Waals surface area contributed by atoms with E-state index >= 15 is 0 Å².